The molecule has 33 heavy (non-hydrogen) atoms. The summed E-state index contributed by atoms with van der Waals surface area (Å²) in [6.07, 6.45) is 2.04. The van der Waals surface area contributed by atoms with Gasteiger partial charge in [-0.1, -0.05) is 24.3 Å². The van der Waals surface area contributed by atoms with Crippen molar-refractivity contribution in [3.05, 3.63) is 65.2 Å². The highest BCUT2D eigenvalue weighted by Crippen LogP contribution is 2.31. The monoisotopic (exact) mass is 464 g/mol. The van der Waals surface area contributed by atoms with E-state index in [1.165, 1.54) is 22.6 Å². The van der Waals surface area contributed by atoms with Gasteiger partial charge < -0.3 is 15.0 Å². The third kappa shape index (κ3) is 6.12. The highest BCUT2D eigenvalue weighted by Gasteiger charge is 2.17. The van der Waals surface area contributed by atoms with Crippen molar-refractivity contribution in [1.82, 2.24) is 15.2 Å². The Labute approximate surface area is 200 Å². The molecule has 1 amide bonds. The zero-order valence-corrected chi connectivity index (χ0v) is 20.2. The van der Waals surface area contributed by atoms with Gasteiger partial charge in [-0.2, -0.15) is 0 Å². The van der Waals surface area contributed by atoms with Crippen molar-refractivity contribution >= 4 is 22.9 Å². The Morgan fingerprint density at radius 1 is 1.09 bits per heavy atom. The third-order valence-corrected chi connectivity index (χ3v) is 6.88. The molecule has 0 atom stereocenters. The number of carbonyl (C=O) groups is 1. The van der Waals surface area contributed by atoms with E-state index >= 15 is 0 Å². The van der Waals surface area contributed by atoms with Crippen molar-refractivity contribution in [3.63, 3.8) is 0 Å². The average Bonchev–Trinajstić information content (AvgIpc) is 3.34. The molecule has 0 aliphatic carbocycles. The molecule has 0 radical (unpaired) electrons. The molecule has 1 aromatic heterocycles. The smallest absolute Gasteiger partial charge is 0.270 e. The van der Waals surface area contributed by atoms with E-state index in [9.17, 15) is 4.79 Å². The molecule has 0 spiro atoms. The van der Waals surface area contributed by atoms with Gasteiger partial charge in [0.15, 0.2) is 0 Å². The molecule has 0 saturated carbocycles. The highest BCUT2D eigenvalue weighted by molar-refractivity contribution is 7.13. The summed E-state index contributed by atoms with van der Waals surface area (Å²) in [6, 6.07) is 16.5. The van der Waals surface area contributed by atoms with E-state index < -0.39 is 0 Å². The van der Waals surface area contributed by atoms with E-state index in [2.05, 4.69) is 51.3 Å². The van der Waals surface area contributed by atoms with Crippen molar-refractivity contribution in [2.24, 2.45) is 0 Å². The van der Waals surface area contributed by atoms with Crippen LogP contribution in [-0.2, 0) is 0 Å². The number of anilines is 1. The second-order valence-corrected chi connectivity index (χ2v) is 9.23. The van der Waals surface area contributed by atoms with E-state index in [0.29, 0.717) is 12.2 Å². The number of para-hydroxylation sites is 1. The number of carbonyl (C=O) groups excluding carboxylic acids is 1. The summed E-state index contributed by atoms with van der Waals surface area (Å²) in [5.74, 6) is 0.651. The topological polar surface area (TPSA) is 57.7 Å². The Kier molecular flexibility index (Phi) is 7.96. The minimum Gasteiger partial charge on any atom is -0.496 e. The largest absolute Gasteiger partial charge is 0.496 e. The molecule has 2 aromatic carbocycles. The lowest BCUT2D eigenvalue weighted by Gasteiger charge is -2.36. The molecule has 3 aromatic rings. The van der Waals surface area contributed by atoms with Crippen molar-refractivity contribution in [2.45, 2.75) is 19.8 Å². The van der Waals surface area contributed by atoms with E-state index in [0.717, 1.165) is 61.9 Å². The van der Waals surface area contributed by atoms with E-state index in [4.69, 9.17) is 4.74 Å². The summed E-state index contributed by atoms with van der Waals surface area (Å²) in [4.78, 5) is 22.0. The van der Waals surface area contributed by atoms with Gasteiger partial charge >= 0.3 is 0 Å². The molecule has 6 nitrogen and oxygen atoms in total. The predicted octanol–water partition coefficient (Wildman–Crippen LogP) is 4.46. The second-order valence-electron chi connectivity index (χ2n) is 8.37. The molecule has 1 aliphatic rings. The molecule has 1 aliphatic heterocycles. The zero-order chi connectivity index (χ0) is 23.0. The first-order chi connectivity index (χ1) is 16.1. The summed E-state index contributed by atoms with van der Waals surface area (Å²) < 4.78 is 5.40. The van der Waals surface area contributed by atoms with Crippen molar-refractivity contribution in [1.29, 1.82) is 0 Å². The maximum absolute atomic E-state index is 12.5. The van der Waals surface area contributed by atoms with Gasteiger partial charge in [-0.25, -0.2) is 4.98 Å². The van der Waals surface area contributed by atoms with Gasteiger partial charge in [-0.15, -0.1) is 11.3 Å². The quantitative estimate of drug-likeness (QED) is 0.474. The van der Waals surface area contributed by atoms with Crippen LogP contribution < -0.4 is 15.0 Å². The van der Waals surface area contributed by atoms with Crippen LogP contribution in [0.25, 0.3) is 10.6 Å². The maximum atomic E-state index is 12.5. The van der Waals surface area contributed by atoms with Gasteiger partial charge in [0, 0.05) is 43.8 Å². The van der Waals surface area contributed by atoms with E-state index in [1.54, 1.807) is 7.11 Å². The minimum atomic E-state index is -0.112. The van der Waals surface area contributed by atoms with Gasteiger partial charge in [0.2, 0.25) is 0 Å². The van der Waals surface area contributed by atoms with Crippen molar-refractivity contribution in [2.75, 3.05) is 51.3 Å². The number of nitrogens with one attached hydrogen (secondary N) is 1. The number of aryl methyl sites for hydroxylation is 1. The number of amides is 1. The van der Waals surface area contributed by atoms with Crippen LogP contribution in [0.15, 0.2) is 53.9 Å². The van der Waals surface area contributed by atoms with Crippen LogP contribution in [0.2, 0.25) is 0 Å². The molecule has 1 N–H and O–H groups in total. The molecule has 7 heteroatoms. The van der Waals surface area contributed by atoms with Crippen LogP contribution in [-0.4, -0.2) is 62.2 Å². The fourth-order valence-electron chi connectivity index (χ4n) is 4.13. The summed E-state index contributed by atoms with van der Waals surface area (Å²) in [7, 11) is 1.64. The molecule has 2 heterocycles. The third-order valence-electron chi connectivity index (χ3n) is 6.00. The molecule has 174 valence electrons. The number of hydrogen-bond donors (Lipinski definition) is 1. The number of nitrogens with zero attached hydrogens (tertiary/aromatic N) is 3. The Morgan fingerprint density at radius 2 is 1.91 bits per heavy atom. The Morgan fingerprint density at radius 3 is 2.70 bits per heavy atom. The number of hydrogen-bond acceptors (Lipinski definition) is 6. The number of aromatic nitrogens is 1. The summed E-state index contributed by atoms with van der Waals surface area (Å²) >= 11 is 1.46. The van der Waals surface area contributed by atoms with Crippen LogP contribution in [0.5, 0.6) is 5.75 Å². The first-order valence-electron chi connectivity index (χ1n) is 11.5. The number of rotatable bonds is 9. The number of benzene rings is 2. The number of ether oxygens (including phenoxy) is 1. The summed E-state index contributed by atoms with van der Waals surface area (Å²) in [5, 5.41) is 5.62. The second kappa shape index (κ2) is 11.3. The van der Waals surface area contributed by atoms with Crippen LogP contribution in [0.3, 0.4) is 0 Å². The normalized spacial score (nSPS) is 14.3. The van der Waals surface area contributed by atoms with Crippen molar-refractivity contribution < 1.29 is 9.53 Å². The minimum absolute atomic E-state index is 0.112. The lowest BCUT2D eigenvalue weighted by molar-refractivity contribution is 0.0948. The Balaban J connectivity index is 1.15. The van der Waals surface area contributed by atoms with Crippen LogP contribution in [0, 0.1) is 6.92 Å². The molecule has 4 rings (SSSR count). The van der Waals surface area contributed by atoms with E-state index in [1.807, 2.05) is 29.6 Å². The number of thiazole rings is 1. The van der Waals surface area contributed by atoms with Gasteiger partial charge in [0.1, 0.15) is 16.5 Å². The van der Waals surface area contributed by atoms with Gasteiger partial charge in [0.25, 0.3) is 5.91 Å². The summed E-state index contributed by atoms with van der Waals surface area (Å²) in [6.45, 7) is 8.20. The lowest BCUT2D eigenvalue weighted by atomic mass is 10.2. The average molecular weight is 465 g/mol. The summed E-state index contributed by atoms with van der Waals surface area (Å²) in [5.41, 5.74) is 4.01. The molecule has 1 saturated heterocycles. The van der Waals surface area contributed by atoms with Crippen LogP contribution in [0.4, 0.5) is 5.69 Å². The van der Waals surface area contributed by atoms with Crippen LogP contribution >= 0.6 is 11.3 Å². The molecule has 0 bridgehead atoms. The first-order valence-corrected chi connectivity index (χ1v) is 12.4. The lowest BCUT2D eigenvalue weighted by Crippen LogP contribution is -2.46. The molecular weight excluding hydrogens is 432 g/mol. The highest BCUT2D eigenvalue weighted by atomic mass is 32.1. The Bertz CT molecular complexity index is 1060. The SMILES string of the molecule is COc1ccccc1-c1nc(C(=O)NCCCCN2CCN(c3cccc(C)c3)CC2)cs1. The maximum Gasteiger partial charge on any atom is 0.270 e. The van der Waals surface area contributed by atoms with Gasteiger partial charge in [0.05, 0.1) is 12.7 Å². The van der Waals surface area contributed by atoms with E-state index in [-0.39, 0.29) is 5.91 Å². The molecular formula is C26H32N4O2S. The van der Waals surface area contributed by atoms with Crippen LogP contribution in [0.1, 0.15) is 28.9 Å². The fourth-order valence-corrected chi connectivity index (χ4v) is 4.96. The zero-order valence-electron chi connectivity index (χ0n) is 19.4. The number of methoxy groups -OCH3 is 1. The van der Waals surface area contributed by atoms with Gasteiger partial charge in [-0.05, 0) is 56.1 Å². The van der Waals surface area contributed by atoms with Crippen molar-refractivity contribution in [3.8, 4) is 16.3 Å². The number of unbranched alkanes of at least 4 members (excludes halogenated alkanes) is 1. The predicted molar refractivity (Wildman–Crippen MR) is 136 cm³/mol. The Hall–Kier alpha value is -2.90. The molecule has 0 unspecified atom stereocenters. The number of piperazine rings is 1. The first kappa shape index (κ1) is 23.3. The standard InChI is InChI=1S/C26H32N4O2S/c1-20-8-7-9-21(18-20)30-16-14-29(15-17-30)13-6-5-12-27-25(31)23-19-33-26(28-23)22-10-3-4-11-24(22)32-2/h3-4,7-11,18-19H,5-6,12-17H2,1-2H3,(H,27,31). The fraction of sp³-hybridized carbons (Fsp3) is 0.385. The molecule has 1 fully saturated rings. The van der Waals surface area contributed by atoms with Gasteiger partial charge in [-0.3, -0.25) is 9.69 Å².